The number of aromatic carboxylic acids is 1. The number of nitrogens with two attached hydrogens (primary N) is 1. The fourth-order valence-electron chi connectivity index (χ4n) is 5.03. The van der Waals surface area contributed by atoms with E-state index in [-0.39, 0.29) is 25.3 Å². The van der Waals surface area contributed by atoms with Gasteiger partial charge in [-0.25, -0.2) is 4.79 Å². The number of benzene rings is 3. The van der Waals surface area contributed by atoms with Crippen molar-refractivity contribution in [3.05, 3.63) is 89.4 Å². The zero-order valence-corrected chi connectivity index (χ0v) is 23.5. The van der Waals surface area contributed by atoms with Gasteiger partial charge in [-0.1, -0.05) is 23.7 Å². The molecule has 3 amide bonds. The zero-order valence-electron chi connectivity index (χ0n) is 22.8. The van der Waals surface area contributed by atoms with Crippen LogP contribution in [0.25, 0.3) is 16.7 Å². The lowest BCUT2D eigenvalue weighted by molar-refractivity contribution is -0.149. The van der Waals surface area contributed by atoms with E-state index in [0.29, 0.717) is 44.3 Å². The standard InChI is InChI=1S/C29H23ClN8O6/c30-18-3-7-21(38-15-32-34-35-38)22(14-18)36-9-10-37(28(41)27(36)40)23(11-16-1-4-19(31)5-2-16)26(39)33-20-6-8-24-17(12-20)13-25(44-24)29(42)43/h1-8,12-15,23H,9-11,31H2,(H,33,39)(H,42,43)/t23-/m0/s1. The van der Waals surface area contributed by atoms with Gasteiger partial charge in [0.2, 0.25) is 11.7 Å². The molecule has 0 radical (unpaired) electrons. The van der Waals surface area contributed by atoms with Crippen LogP contribution in [0.15, 0.2) is 77.5 Å². The van der Waals surface area contributed by atoms with E-state index >= 15 is 0 Å². The molecule has 0 spiro atoms. The van der Waals surface area contributed by atoms with Crippen LogP contribution in [-0.4, -0.2) is 73.0 Å². The molecular weight excluding hydrogens is 592 g/mol. The maximum atomic E-state index is 13.8. The minimum atomic E-state index is -1.22. The van der Waals surface area contributed by atoms with Gasteiger partial charge in [-0.2, -0.15) is 4.68 Å². The van der Waals surface area contributed by atoms with Crippen molar-refractivity contribution in [3.8, 4) is 5.69 Å². The molecule has 14 nitrogen and oxygen atoms in total. The number of piperazine rings is 1. The second-order valence-corrected chi connectivity index (χ2v) is 10.4. The van der Waals surface area contributed by atoms with E-state index < -0.39 is 29.7 Å². The van der Waals surface area contributed by atoms with Crippen LogP contribution in [0, 0.1) is 0 Å². The molecule has 15 heteroatoms. The first-order valence-corrected chi connectivity index (χ1v) is 13.6. The quantitative estimate of drug-likeness (QED) is 0.173. The van der Waals surface area contributed by atoms with Crippen LogP contribution < -0.4 is 16.0 Å². The SMILES string of the molecule is Nc1ccc(C[C@@H](C(=O)Nc2ccc3oc(C(=O)O)cc3c2)N2CCN(c3cc(Cl)ccc3-n3cnnn3)C(=O)C2=O)cc1. The van der Waals surface area contributed by atoms with Gasteiger partial charge < -0.3 is 30.4 Å². The molecule has 3 heterocycles. The average molecular weight is 615 g/mol. The van der Waals surface area contributed by atoms with Crippen molar-refractivity contribution < 1.29 is 28.7 Å². The molecule has 6 rings (SSSR count). The van der Waals surface area contributed by atoms with Gasteiger partial charge in [-0.05, 0) is 70.6 Å². The number of amides is 3. The molecule has 0 saturated carbocycles. The number of tetrazole rings is 1. The van der Waals surface area contributed by atoms with E-state index in [1.165, 1.54) is 32.9 Å². The topological polar surface area (TPSA) is 190 Å². The Labute approximate surface area is 253 Å². The Kier molecular flexibility index (Phi) is 7.41. The summed E-state index contributed by atoms with van der Waals surface area (Å²) in [6.07, 6.45) is 1.45. The highest BCUT2D eigenvalue weighted by atomic mass is 35.5. The number of hydrogen-bond donors (Lipinski definition) is 3. The number of nitrogens with one attached hydrogen (secondary N) is 1. The summed E-state index contributed by atoms with van der Waals surface area (Å²) in [6.45, 7) is 0.0897. The zero-order chi connectivity index (χ0) is 31.0. The van der Waals surface area contributed by atoms with Crippen molar-refractivity contribution in [1.29, 1.82) is 0 Å². The number of aromatic nitrogens is 4. The molecule has 2 aromatic heterocycles. The molecule has 3 aromatic carbocycles. The molecule has 1 aliphatic rings. The molecule has 1 aliphatic heterocycles. The Morgan fingerprint density at radius 3 is 2.52 bits per heavy atom. The van der Waals surface area contributed by atoms with Gasteiger partial charge >= 0.3 is 17.8 Å². The van der Waals surface area contributed by atoms with Gasteiger partial charge in [0, 0.05) is 41.3 Å². The Balaban J connectivity index is 1.29. The lowest BCUT2D eigenvalue weighted by atomic mass is 10.0. The molecule has 0 aliphatic carbocycles. The van der Waals surface area contributed by atoms with Gasteiger partial charge in [0.1, 0.15) is 18.0 Å². The van der Waals surface area contributed by atoms with Crippen molar-refractivity contribution in [2.75, 3.05) is 29.0 Å². The molecule has 0 bridgehead atoms. The third-order valence-electron chi connectivity index (χ3n) is 7.16. The molecule has 222 valence electrons. The monoisotopic (exact) mass is 614 g/mol. The van der Waals surface area contributed by atoms with Gasteiger partial charge in [0.05, 0.1) is 11.4 Å². The summed E-state index contributed by atoms with van der Waals surface area (Å²) in [5.41, 5.74) is 8.53. The highest BCUT2D eigenvalue weighted by molar-refractivity contribution is 6.41. The Morgan fingerprint density at radius 1 is 1.00 bits per heavy atom. The average Bonchev–Trinajstić information content (AvgIpc) is 3.69. The predicted octanol–water partition coefficient (Wildman–Crippen LogP) is 2.77. The first kappa shape index (κ1) is 28.4. The minimum Gasteiger partial charge on any atom is -0.475 e. The maximum Gasteiger partial charge on any atom is 0.371 e. The lowest BCUT2D eigenvalue weighted by Crippen LogP contribution is -2.60. The number of nitrogens with zero attached hydrogens (tertiary/aromatic N) is 6. The van der Waals surface area contributed by atoms with Gasteiger partial charge in [0.25, 0.3) is 0 Å². The van der Waals surface area contributed by atoms with Crippen molar-refractivity contribution in [2.24, 2.45) is 0 Å². The van der Waals surface area contributed by atoms with Gasteiger partial charge in [-0.3, -0.25) is 14.4 Å². The molecule has 4 N–H and O–H groups in total. The molecule has 44 heavy (non-hydrogen) atoms. The summed E-state index contributed by atoms with van der Waals surface area (Å²) in [7, 11) is 0. The van der Waals surface area contributed by atoms with Crippen LogP contribution in [0.2, 0.25) is 5.02 Å². The van der Waals surface area contributed by atoms with Gasteiger partial charge in [-0.15, -0.1) is 5.10 Å². The molecule has 1 atom stereocenters. The highest BCUT2D eigenvalue weighted by Crippen LogP contribution is 2.30. The van der Waals surface area contributed by atoms with Gasteiger partial charge in [0.15, 0.2) is 0 Å². The molecule has 1 fully saturated rings. The fourth-order valence-corrected chi connectivity index (χ4v) is 5.19. The second-order valence-electron chi connectivity index (χ2n) is 9.96. The highest BCUT2D eigenvalue weighted by Gasteiger charge is 2.40. The van der Waals surface area contributed by atoms with Crippen LogP contribution in [0.5, 0.6) is 0 Å². The number of carbonyl (C=O) groups is 4. The Hall–Kier alpha value is -5.76. The largest absolute Gasteiger partial charge is 0.475 e. The number of carboxylic acid groups (broad SMARTS) is 1. The minimum absolute atomic E-state index is 0.0297. The summed E-state index contributed by atoms with van der Waals surface area (Å²) in [4.78, 5) is 54.8. The summed E-state index contributed by atoms with van der Waals surface area (Å²) >= 11 is 6.24. The normalized spacial score (nSPS) is 14.2. The molecule has 5 aromatic rings. The van der Waals surface area contributed by atoms with E-state index in [9.17, 15) is 24.3 Å². The Morgan fingerprint density at radius 2 is 1.80 bits per heavy atom. The third kappa shape index (κ3) is 5.53. The van der Waals surface area contributed by atoms with Crippen molar-refractivity contribution >= 4 is 63.3 Å². The first-order valence-electron chi connectivity index (χ1n) is 13.3. The number of nitrogen functional groups attached to an aromatic ring is 1. The summed E-state index contributed by atoms with van der Waals surface area (Å²) in [6, 6.07) is 16.6. The number of hydrogen-bond acceptors (Lipinski definition) is 9. The number of furan rings is 1. The lowest BCUT2D eigenvalue weighted by Gasteiger charge is -2.38. The van der Waals surface area contributed by atoms with Crippen molar-refractivity contribution in [3.63, 3.8) is 0 Å². The first-order chi connectivity index (χ1) is 21.2. The van der Waals surface area contributed by atoms with Crippen LogP contribution in [0.3, 0.4) is 0 Å². The van der Waals surface area contributed by atoms with Crippen LogP contribution >= 0.6 is 11.6 Å². The van der Waals surface area contributed by atoms with E-state index in [1.807, 2.05) is 0 Å². The fraction of sp³-hybridized carbons (Fsp3) is 0.138. The number of anilines is 3. The van der Waals surface area contributed by atoms with Crippen LogP contribution in [0.4, 0.5) is 17.1 Å². The number of fused-ring (bicyclic) bond motifs is 1. The van der Waals surface area contributed by atoms with E-state index in [2.05, 4.69) is 20.8 Å². The van der Waals surface area contributed by atoms with Crippen LogP contribution in [0.1, 0.15) is 16.1 Å². The Bertz CT molecular complexity index is 1910. The smallest absolute Gasteiger partial charge is 0.371 e. The number of carbonyl (C=O) groups excluding carboxylic acids is 3. The van der Waals surface area contributed by atoms with Crippen molar-refractivity contribution in [1.82, 2.24) is 25.1 Å². The second kappa shape index (κ2) is 11.5. The van der Waals surface area contributed by atoms with E-state index in [4.69, 9.17) is 21.8 Å². The maximum absolute atomic E-state index is 13.8. The van der Waals surface area contributed by atoms with E-state index in [0.717, 1.165) is 0 Å². The number of rotatable bonds is 8. The molecule has 0 unspecified atom stereocenters. The summed E-state index contributed by atoms with van der Waals surface area (Å²) in [5, 5.41) is 24.0. The molecular formula is C29H23ClN8O6. The number of carboxylic acids is 1. The molecule has 1 saturated heterocycles. The van der Waals surface area contributed by atoms with E-state index in [1.54, 1.807) is 54.6 Å². The third-order valence-corrected chi connectivity index (χ3v) is 7.39. The van der Waals surface area contributed by atoms with Crippen molar-refractivity contribution in [2.45, 2.75) is 12.5 Å². The summed E-state index contributed by atoms with van der Waals surface area (Å²) in [5.74, 6) is -3.75. The summed E-state index contributed by atoms with van der Waals surface area (Å²) < 4.78 is 6.64. The number of halogens is 1. The van der Waals surface area contributed by atoms with Crippen LogP contribution in [-0.2, 0) is 20.8 Å². The predicted molar refractivity (Wildman–Crippen MR) is 158 cm³/mol.